The minimum Gasteiger partial charge on any atom is -0.337 e. The molecular formula is C11H21N5O3S2. The molecule has 1 rings (SSSR count). The molecule has 1 unspecified atom stereocenters. The van der Waals surface area contributed by atoms with Crippen LogP contribution in [-0.2, 0) is 21.4 Å². The largest absolute Gasteiger partial charge is 0.337 e. The van der Waals surface area contributed by atoms with Crippen LogP contribution in [0.4, 0.5) is 0 Å². The summed E-state index contributed by atoms with van der Waals surface area (Å²) in [6.45, 7) is 1.79. The van der Waals surface area contributed by atoms with Crippen LogP contribution in [0, 0.1) is 0 Å². The van der Waals surface area contributed by atoms with E-state index in [1.54, 1.807) is 18.8 Å². The van der Waals surface area contributed by atoms with E-state index in [0.717, 1.165) is 0 Å². The summed E-state index contributed by atoms with van der Waals surface area (Å²) in [6, 6.07) is -0.754. The molecule has 8 nitrogen and oxygen atoms in total. The monoisotopic (exact) mass is 335 g/mol. The number of aromatic nitrogens is 3. The first-order valence-corrected chi connectivity index (χ1v) is 9.52. The zero-order chi connectivity index (χ0) is 15.9. The fraction of sp³-hybridized carbons (Fsp3) is 0.727. The van der Waals surface area contributed by atoms with Gasteiger partial charge in [-0.05, 0) is 25.4 Å². The molecule has 0 aliphatic heterocycles. The molecule has 10 heteroatoms. The van der Waals surface area contributed by atoms with E-state index in [9.17, 15) is 13.2 Å². The van der Waals surface area contributed by atoms with Gasteiger partial charge < -0.3 is 4.90 Å². The number of nitrogens with one attached hydrogen (secondary N) is 2. The number of rotatable bonds is 9. The Morgan fingerprint density at radius 3 is 2.81 bits per heavy atom. The molecule has 120 valence electrons. The molecule has 1 aromatic heterocycles. The second kappa shape index (κ2) is 8.35. The zero-order valence-electron chi connectivity index (χ0n) is 12.4. The first kappa shape index (κ1) is 17.9. The lowest BCUT2D eigenvalue weighted by atomic mass is 10.2. The molecule has 0 aliphatic rings. The molecule has 2 N–H and O–H groups in total. The Morgan fingerprint density at radius 2 is 2.29 bits per heavy atom. The fourth-order valence-electron chi connectivity index (χ4n) is 1.64. The van der Waals surface area contributed by atoms with Crippen molar-refractivity contribution in [3.63, 3.8) is 0 Å². The molecule has 0 spiro atoms. The first-order chi connectivity index (χ1) is 9.89. The number of sulfonamides is 1. The third-order valence-corrected chi connectivity index (χ3v) is 4.89. The lowest BCUT2D eigenvalue weighted by molar-refractivity contribution is -0.132. The van der Waals surface area contributed by atoms with Crippen molar-refractivity contribution in [2.24, 2.45) is 0 Å². The van der Waals surface area contributed by atoms with Crippen LogP contribution in [-0.4, -0.2) is 65.3 Å². The predicted molar refractivity (Wildman–Crippen MR) is 82.2 cm³/mol. The SMILES string of the molecule is CCS(=O)(=O)NC(CCSC)C(=O)N(C)Cc1ncn[nH]1. The van der Waals surface area contributed by atoms with Gasteiger partial charge in [0.25, 0.3) is 0 Å². The molecule has 1 aromatic rings. The van der Waals surface area contributed by atoms with Crippen molar-refractivity contribution in [1.82, 2.24) is 24.8 Å². The molecule has 0 bridgehead atoms. The summed E-state index contributed by atoms with van der Waals surface area (Å²) in [4.78, 5) is 17.8. The maximum Gasteiger partial charge on any atom is 0.240 e. The number of H-pyrrole nitrogens is 1. The van der Waals surface area contributed by atoms with E-state index in [1.165, 1.54) is 18.2 Å². The van der Waals surface area contributed by atoms with Gasteiger partial charge in [0.1, 0.15) is 18.2 Å². The Hall–Kier alpha value is -1.13. The number of thioether (sulfide) groups is 1. The van der Waals surface area contributed by atoms with Crippen molar-refractivity contribution in [2.75, 3.05) is 24.8 Å². The number of hydrogen-bond acceptors (Lipinski definition) is 6. The zero-order valence-corrected chi connectivity index (χ0v) is 14.0. The molecule has 0 aromatic carbocycles. The third kappa shape index (κ3) is 6.02. The van der Waals surface area contributed by atoms with Gasteiger partial charge in [-0.3, -0.25) is 9.89 Å². The highest BCUT2D eigenvalue weighted by Gasteiger charge is 2.26. The standard InChI is InChI=1S/C11H21N5O3S2/c1-4-21(18,19)15-9(5-6-20-3)11(17)16(2)7-10-12-8-13-14-10/h8-9,15H,4-7H2,1-3H3,(H,12,13,14). The molecule has 0 saturated carbocycles. The number of carbonyl (C=O) groups excluding carboxylic acids is 1. The van der Waals surface area contributed by atoms with Gasteiger partial charge in [0, 0.05) is 7.05 Å². The summed E-state index contributed by atoms with van der Waals surface area (Å²) in [5.41, 5.74) is 0. The number of nitrogens with zero attached hydrogens (tertiary/aromatic N) is 3. The van der Waals surface area contributed by atoms with E-state index >= 15 is 0 Å². The van der Waals surface area contributed by atoms with E-state index in [-0.39, 0.29) is 18.2 Å². The van der Waals surface area contributed by atoms with Gasteiger partial charge in [-0.15, -0.1) is 0 Å². The molecule has 1 heterocycles. The van der Waals surface area contributed by atoms with Crippen LogP contribution in [0.5, 0.6) is 0 Å². The second-order valence-corrected chi connectivity index (χ2v) is 7.51. The molecule has 0 aliphatic carbocycles. The molecular weight excluding hydrogens is 314 g/mol. The van der Waals surface area contributed by atoms with E-state index in [2.05, 4.69) is 19.9 Å². The van der Waals surface area contributed by atoms with Gasteiger partial charge in [-0.25, -0.2) is 18.1 Å². The molecule has 1 amide bonds. The van der Waals surface area contributed by atoms with E-state index in [4.69, 9.17) is 0 Å². The number of aromatic amines is 1. The van der Waals surface area contributed by atoms with Gasteiger partial charge in [-0.1, -0.05) is 0 Å². The Bertz CT molecular complexity index is 532. The minimum atomic E-state index is -3.43. The molecule has 1 atom stereocenters. The number of carbonyl (C=O) groups is 1. The van der Waals surface area contributed by atoms with Gasteiger partial charge in [0.15, 0.2) is 0 Å². The third-order valence-electron chi connectivity index (χ3n) is 2.84. The first-order valence-electron chi connectivity index (χ1n) is 6.47. The van der Waals surface area contributed by atoms with Crippen molar-refractivity contribution >= 4 is 27.7 Å². The Balaban J connectivity index is 2.73. The van der Waals surface area contributed by atoms with Gasteiger partial charge in [0.2, 0.25) is 15.9 Å². The summed E-state index contributed by atoms with van der Waals surface area (Å²) in [6.07, 6.45) is 3.71. The van der Waals surface area contributed by atoms with E-state index in [1.807, 2.05) is 6.26 Å². The van der Waals surface area contributed by atoms with Crippen LogP contribution in [0.1, 0.15) is 19.2 Å². The van der Waals surface area contributed by atoms with Crippen LogP contribution in [0.15, 0.2) is 6.33 Å². The predicted octanol–water partition coefficient (Wildman–Crippen LogP) is -0.176. The Kier molecular flexibility index (Phi) is 7.12. The molecule has 0 radical (unpaired) electrons. The summed E-state index contributed by atoms with van der Waals surface area (Å²) < 4.78 is 25.9. The van der Waals surface area contributed by atoms with Crippen molar-refractivity contribution in [3.8, 4) is 0 Å². The number of hydrogen-bond donors (Lipinski definition) is 2. The maximum absolute atomic E-state index is 12.4. The Morgan fingerprint density at radius 1 is 1.57 bits per heavy atom. The summed E-state index contributed by atoms with van der Waals surface area (Å²) in [7, 11) is -1.82. The normalized spacial score (nSPS) is 13.1. The number of amides is 1. The smallest absolute Gasteiger partial charge is 0.240 e. The van der Waals surface area contributed by atoms with Crippen LogP contribution in [0.25, 0.3) is 0 Å². The van der Waals surface area contributed by atoms with E-state index < -0.39 is 16.1 Å². The van der Waals surface area contributed by atoms with Crippen LogP contribution < -0.4 is 4.72 Å². The van der Waals surface area contributed by atoms with Gasteiger partial charge in [-0.2, -0.15) is 16.9 Å². The van der Waals surface area contributed by atoms with Crippen molar-refractivity contribution in [3.05, 3.63) is 12.2 Å². The minimum absolute atomic E-state index is 0.0537. The average Bonchev–Trinajstić information content (AvgIpc) is 2.95. The van der Waals surface area contributed by atoms with Crippen LogP contribution in [0.3, 0.4) is 0 Å². The Labute approximate surface area is 129 Å². The van der Waals surface area contributed by atoms with Crippen molar-refractivity contribution in [2.45, 2.75) is 25.9 Å². The lowest BCUT2D eigenvalue weighted by Crippen LogP contribution is -2.47. The molecule has 21 heavy (non-hydrogen) atoms. The fourth-order valence-corrected chi connectivity index (χ4v) is 2.93. The quantitative estimate of drug-likeness (QED) is 0.648. The summed E-state index contributed by atoms with van der Waals surface area (Å²) in [5.74, 6) is 0.908. The average molecular weight is 335 g/mol. The lowest BCUT2D eigenvalue weighted by Gasteiger charge is -2.23. The van der Waals surface area contributed by atoms with Crippen molar-refractivity contribution < 1.29 is 13.2 Å². The van der Waals surface area contributed by atoms with Crippen LogP contribution >= 0.6 is 11.8 Å². The highest BCUT2D eigenvalue weighted by Crippen LogP contribution is 2.07. The topological polar surface area (TPSA) is 108 Å². The van der Waals surface area contributed by atoms with Gasteiger partial charge >= 0.3 is 0 Å². The van der Waals surface area contributed by atoms with E-state index in [0.29, 0.717) is 18.0 Å². The second-order valence-electron chi connectivity index (χ2n) is 4.48. The molecule has 0 fully saturated rings. The number of likely N-dealkylation sites (N-methyl/N-ethyl adjacent to an activating group) is 1. The highest BCUT2D eigenvalue weighted by molar-refractivity contribution is 7.98. The van der Waals surface area contributed by atoms with Gasteiger partial charge in [0.05, 0.1) is 12.3 Å². The summed E-state index contributed by atoms with van der Waals surface area (Å²) in [5, 5.41) is 6.38. The van der Waals surface area contributed by atoms with Crippen molar-refractivity contribution in [1.29, 1.82) is 0 Å². The maximum atomic E-state index is 12.4. The van der Waals surface area contributed by atoms with Crippen LogP contribution in [0.2, 0.25) is 0 Å². The summed E-state index contributed by atoms with van der Waals surface area (Å²) >= 11 is 1.56. The highest BCUT2D eigenvalue weighted by atomic mass is 32.2. The molecule has 0 saturated heterocycles.